The van der Waals surface area contributed by atoms with Crippen LogP contribution in [-0.2, 0) is 22.6 Å². The summed E-state index contributed by atoms with van der Waals surface area (Å²) >= 11 is 1.72. The number of piperazine rings is 1. The van der Waals surface area contributed by atoms with Gasteiger partial charge in [-0.25, -0.2) is 4.98 Å². The molecule has 0 spiro atoms. The zero-order chi connectivity index (χ0) is 19.9. The number of rotatable bonds is 8. The molecule has 1 fully saturated rings. The molecule has 1 aliphatic rings. The van der Waals surface area contributed by atoms with E-state index in [1.165, 1.54) is 4.88 Å². The lowest BCUT2D eigenvalue weighted by Gasteiger charge is -2.34. The molecule has 0 unspecified atom stereocenters. The molecule has 150 valence electrons. The van der Waals surface area contributed by atoms with E-state index in [0.29, 0.717) is 19.6 Å². The molecule has 2 heterocycles. The summed E-state index contributed by atoms with van der Waals surface area (Å²) in [5, 5.41) is 6.96. The second-order valence-corrected chi connectivity index (χ2v) is 8.46. The van der Waals surface area contributed by atoms with Crippen molar-refractivity contribution in [3.63, 3.8) is 0 Å². The molecule has 0 bridgehead atoms. The van der Waals surface area contributed by atoms with Crippen LogP contribution in [0.3, 0.4) is 0 Å². The van der Waals surface area contributed by atoms with Crippen molar-refractivity contribution in [2.75, 3.05) is 19.6 Å². The molecule has 1 aromatic heterocycles. The fraction of sp³-hybridized carbons (Fsp3) is 0.476. The van der Waals surface area contributed by atoms with Crippen LogP contribution in [0.25, 0.3) is 0 Å². The van der Waals surface area contributed by atoms with Crippen molar-refractivity contribution in [3.8, 4) is 0 Å². The normalized spacial score (nSPS) is 17.4. The Morgan fingerprint density at radius 1 is 1.32 bits per heavy atom. The molecular formula is C21H28N4O2S. The van der Waals surface area contributed by atoms with Gasteiger partial charge in [0.2, 0.25) is 11.8 Å². The summed E-state index contributed by atoms with van der Waals surface area (Å²) < 4.78 is 0. The first-order valence-electron chi connectivity index (χ1n) is 9.78. The lowest BCUT2D eigenvalue weighted by Crippen LogP contribution is -2.56. The van der Waals surface area contributed by atoms with Crippen LogP contribution in [0.1, 0.15) is 34.0 Å². The summed E-state index contributed by atoms with van der Waals surface area (Å²) in [4.78, 5) is 32.6. The van der Waals surface area contributed by atoms with Crippen molar-refractivity contribution >= 4 is 23.2 Å². The first-order chi connectivity index (χ1) is 13.5. The molecule has 2 N–H and O–H groups in total. The molecule has 0 saturated carbocycles. The van der Waals surface area contributed by atoms with Crippen molar-refractivity contribution in [3.05, 3.63) is 51.5 Å². The van der Waals surface area contributed by atoms with E-state index < -0.39 is 6.04 Å². The van der Waals surface area contributed by atoms with Gasteiger partial charge in [0.15, 0.2) is 0 Å². The molecule has 1 aliphatic heterocycles. The maximum Gasteiger partial charge on any atom is 0.237 e. The van der Waals surface area contributed by atoms with Gasteiger partial charge in [-0.05, 0) is 25.8 Å². The highest BCUT2D eigenvalue weighted by Crippen LogP contribution is 2.17. The molecular weight excluding hydrogens is 372 g/mol. The van der Waals surface area contributed by atoms with E-state index in [-0.39, 0.29) is 18.2 Å². The van der Waals surface area contributed by atoms with Gasteiger partial charge in [-0.2, -0.15) is 0 Å². The van der Waals surface area contributed by atoms with E-state index >= 15 is 0 Å². The number of amides is 2. The third-order valence-corrected chi connectivity index (χ3v) is 6.14. The topological polar surface area (TPSA) is 74.3 Å². The zero-order valence-electron chi connectivity index (χ0n) is 16.5. The lowest BCUT2D eigenvalue weighted by molar-refractivity contribution is -0.134. The Kier molecular flexibility index (Phi) is 7.17. The third-order valence-electron chi connectivity index (χ3n) is 5.01. The van der Waals surface area contributed by atoms with Crippen molar-refractivity contribution in [2.24, 2.45) is 0 Å². The van der Waals surface area contributed by atoms with Gasteiger partial charge in [-0.3, -0.25) is 14.5 Å². The highest BCUT2D eigenvalue weighted by atomic mass is 32.1. The quantitative estimate of drug-likeness (QED) is 0.666. The van der Waals surface area contributed by atoms with E-state index in [0.717, 1.165) is 35.7 Å². The van der Waals surface area contributed by atoms with Crippen LogP contribution in [0, 0.1) is 13.8 Å². The lowest BCUT2D eigenvalue weighted by atomic mass is 10.1. The number of thiazole rings is 1. The summed E-state index contributed by atoms with van der Waals surface area (Å²) in [6, 6.07) is 9.64. The average molecular weight is 401 g/mol. The van der Waals surface area contributed by atoms with Crippen LogP contribution in [0.5, 0.6) is 0 Å². The first kappa shape index (κ1) is 20.5. The van der Waals surface area contributed by atoms with Gasteiger partial charge in [0.1, 0.15) is 0 Å². The predicted octanol–water partition coefficient (Wildman–Crippen LogP) is 2.20. The number of nitrogens with zero attached hydrogens (tertiary/aromatic N) is 2. The number of aryl methyl sites for hydroxylation is 3. The SMILES string of the molecule is Cc1nc(CCCNC(=O)C[C@H]2C(=O)NCCN2Cc2ccccc2)sc1C. The molecule has 3 rings (SSSR count). The van der Waals surface area contributed by atoms with Gasteiger partial charge in [-0.1, -0.05) is 30.3 Å². The monoisotopic (exact) mass is 400 g/mol. The number of hydrogen-bond acceptors (Lipinski definition) is 5. The number of carbonyl (C=O) groups is 2. The van der Waals surface area contributed by atoms with Crippen LogP contribution in [0.15, 0.2) is 30.3 Å². The maximum absolute atomic E-state index is 12.4. The number of nitrogens with one attached hydrogen (secondary N) is 2. The number of benzene rings is 1. The molecule has 6 nitrogen and oxygen atoms in total. The Labute approximate surface area is 170 Å². The molecule has 7 heteroatoms. The fourth-order valence-corrected chi connectivity index (χ4v) is 4.33. The Morgan fingerprint density at radius 2 is 2.11 bits per heavy atom. The number of hydrogen-bond donors (Lipinski definition) is 2. The second-order valence-electron chi connectivity index (χ2n) is 7.17. The third kappa shape index (κ3) is 5.62. The van der Waals surface area contributed by atoms with E-state index in [9.17, 15) is 9.59 Å². The summed E-state index contributed by atoms with van der Waals surface area (Å²) in [5.74, 6) is -0.141. The molecule has 0 aliphatic carbocycles. The van der Waals surface area contributed by atoms with E-state index in [1.54, 1.807) is 11.3 Å². The van der Waals surface area contributed by atoms with Crippen molar-refractivity contribution in [1.29, 1.82) is 0 Å². The second kappa shape index (κ2) is 9.80. The Bertz CT molecular complexity index is 786. The van der Waals surface area contributed by atoms with Crippen LogP contribution in [-0.4, -0.2) is 47.4 Å². The number of aromatic nitrogens is 1. The van der Waals surface area contributed by atoms with Gasteiger partial charge in [0, 0.05) is 37.5 Å². The molecule has 1 atom stereocenters. The minimum atomic E-state index is -0.418. The van der Waals surface area contributed by atoms with E-state index in [2.05, 4.69) is 27.4 Å². The summed E-state index contributed by atoms with van der Waals surface area (Å²) in [5.41, 5.74) is 2.24. The van der Waals surface area contributed by atoms with E-state index in [1.807, 2.05) is 37.3 Å². The summed E-state index contributed by atoms with van der Waals surface area (Å²) in [7, 11) is 0. The summed E-state index contributed by atoms with van der Waals surface area (Å²) in [6.07, 6.45) is 1.90. The Balaban J connectivity index is 1.46. The van der Waals surface area contributed by atoms with Crippen LogP contribution < -0.4 is 10.6 Å². The minimum absolute atomic E-state index is 0.0638. The van der Waals surface area contributed by atoms with Gasteiger partial charge >= 0.3 is 0 Å². The first-order valence-corrected chi connectivity index (χ1v) is 10.6. The highest BCUT2D eigenvalue weighted by molar-refractivity contribution is 7.11. The molecule has 1 aromatic carbocycles. The molecule has 2 aromatic rings. The largest absolute Gasteiger partial charge is 0.356 e. The standard InChI is InChI=1S/C21H28N4O2S/c1-15-16(2)28-20(24-15)9-6-10-22-19(26)13-18-21(27)23-11-12-25(18)14-17-7-4-3-5-8-17/h3-5,7-8,18H,6,9-14H2,1-2H3,(H,22,26)(H,23,27)/t18-/m0/s1. The Hall–Kier alpha value is -2.25. The van der Waals surface area contributed by atoms with Gasteiger partial charge in [0.25, 0.3) is 0 Å². The average Bonchev–Trinajstić information content (AvgIpc) is 3.00. The van der Waals surface area contributed by atoms with Gasteiger partial charge in [0.05, 0.1) is 23.2 Å². The predicted molar refractivity (Wildman–Crippen MR) is 111 cm³/mol. The van der Waals surface area contributed by atoms with Crippen molar-refractivity contribution in [1.82, 2.24) is 20.5 Å². The smallest absolute Gasteiger partial charge is 0.237 e. The summed E-state index contributed by atoms with van der Waals surface area (Å²) in [6.45, 7) is 6.75. The zero-order valence-corrected chi connectivity index (χ0v) is 17.3. The van der Waals surface area contributed by atoms with Gasteiger partial charge in [-0.15, -0.1) is 11.3 Å². The fourth-order valence-electron chi connectivity index (χ4n) is 3.35. The van der Waals surface area contributed by atoms with Crippen molar-refractivity contribution in [2.45, 2.75) is 45.7 Å². The van der Waals surface area contributed by atoms with Crippen LogP contribution in [0.4, 0.5) is 0 Å². The molecule has 0 radical (unpaired) electrons. The van der Waals surface area contributed by atoms with E-state index in [4.69, 9.17) is 0 Å². The van der Waals surface area contributed by atoms with Gasteiger partial charge < -0.3 is 10.6 Å². The van der Waals surface area contributed by atoms with Crippen molar-refractivity contribution < 1.29 is 9.59 Å². The molecule has 2 amide bonds. The highest BCUT2D eigenvalue weighted by Gasteiger charge is 2.31. The maximum atomic E-state index is 12.4. The Morgan fingerprint density at radius 3 is 2.82 bits per heavy atom. The molecule has 28 heavy (non-hydrogen) atoms. The minimum Gasteiger partial charge on any atom is -0.356 e. The van der Waals surface area contributed by atoms with Crippen LogP contribution in [0.2, 0.25) is 0 Å². The molecule has 1 saturated heterocycles. The number of carbonyl (C=O) groups excluding carboxylic acids is 2. The van der Waals surface area contributed by atoms with Crippen LogP contribution >= 0.6 is 11.3 Å².